The topological polar surface area (TPSA) is 20.3 Å². The molecule has 1 aliphatic carbocycles. The molecule has 0 bridgehead atoms. The number of amides is 1. The largest absolute Gasteiger partial charge is 0.342 e. The van der Waals surface area contributed by atoms with E-state index in [0.717, 1.165) is 32.0 Å². The predicted octanol–water partition coefficient (Wildman–Crippen LogP) is 3.32. The maximum Gasteiger partial charge on any atom is 0.227 e. The van der Waals surface area contributed by atoms with Crippen LogP contribution in [-0.4, -0.2) is 23.9 Å². The molecular formula is C17H19F2NO. The van der Waals surface area contributed by atoms with Crippen molar-refractivity contribution in [2.24, 2.45) is 11.8 Å². The van der Waals surface area contributed by atoms with Crippen LogP contribution in [0.5, 0.6) is 0 Å². The van der Waals surface area contributed by atoms with E-state index in [1.807, 2.05) is 4.90 Å². The van der Waals surface area contributed by atoms with Gasteiger partial charge in [0, 0.05) is 18.7 Å². The van der Waals surface area contributed by atoms with Gasteiger partial charge < -0.3 is 4.90 Å². The minimum atomic E-state index is -0.903. The minimum absolute atomic E-state index is 0.0601. The van der Waals surface area contributed by atoms with Crippen molar-refractivity contribution in [1.82, 2.24) is 4.90 Å². The van der Waals surface area contributed by atoms with Gasteiger partial charge in [-0.25, -0.2) is 8.78 Å². The lowest BCUT2D eigenvalue weighted by molar-refractivity contribution is -0.129. The highest BCUT2D eigenvalue weighted by Crippen LogP contribution is 2.35. The third kappa shape index (κ3) is 2.85. The van der Waals surface area contributed by atoms with Crippen LogP contribution in [0.25, 0.3) is 0 Å². The molecule has 112 valence electrons. The van der Waals surface area contributed by atoms with Crippen LogP contribution in [0.3, 0.4) is 0 Å². The fourth-order valence-electron chi connectivity index (χ4n) is 3.45. The molecule has 2 nitrogen and oxygen atoms in total. The molecule has 1 aromatic carbocycles. The standard InChI is InChI=1S/C17H19F2NO/c1-11-5-6-13-9-20(10-14(13)7-11)16(21)8-12-3-2-4-15(18)17(12)19/h2-5,13-14H,6-10H2,1H3/t13-,14+/m0/s1. The Bertz CT molecular complexity index is 596. The Labute approximate surface area is 123 Å². The molecule has 21 heavy (non-hydrogen) atoms. The van der Waals surface area contributed by atoms with Crippen LogP contribution in [0, 0.1) is 23.5 Å². The summed E-state index contributed by atoms with van der Waals surface area (Å²) in [4.78, 5) is 14.1. The number of benzene rings is 1. The molecule has 1 saturated heterocycles. The third-order valence-electron chi connectivity index (χ3n) is 4.66. The Morgan fingerprint density at radius 3 is 2.86 bits per heavy atom. The second kappa shape index (κ2) is 5.58. The second-order valence-electron chi connectivity index (χ2n) is 6.20. The van der Waals surface area contributed by atoms with Crippen molar-refractivity contribution in [2.75, 3.05) is 13.1 Å². The number of nitrogens with zero attached hydrogens (tertiary/aromatic N) is 1. The van der Waals surface area contributed by atoms with Crippen LogP contribution in [0.4, 0.5) is 8.78 Å². The van der Waals surface area contributed by atoms with Crippen LogP contribution in [0.1, 0.15) is 25.3 Å². The van der Waals surface area contributed by atoms with Gasteiger partial charge in [0.1, 0.15) is 0 Å². The molecule has 0 radical (unpaired) electrons. The number of halogens is 2. The average molecular weight is 291 g/mol. The van der Waals surface area contributed by atoms with Gasteiger partial charge in [-0.15, -0.1) is 0 Å². The molecule has 0 aromatic heterocycles. The van der Waals surface area contributed by atoms with Crippen molar-refractivity contribution in [2.45, 2.75) is 26.2 Å². The van der Waals surface area contributed by atoms with Crippen molar-refractivity contribution in [1.29, 1.82) is 0 Å². The Morgan fingerprint density at radius 1 is 1.29 bits per heavy atom. The van der Waals surface area contributed by atoms with E-state index >= 15 is 0 Å². The summed E-state index contributed by atoms with van der Waals surface area (Å²) in [5, 5.41) is 0. The van der Waals surface area contributed by atoms with Gasteiger partial charge >= 0.3 is 0 Å². The van der Waals surface area contributed by atoms with Gasteiger partial charge in [-0.3, -0.25) is 4.79 Å². The summed E-state index contributed by atoms with van der Waals surface area (Å²) in [5.41, 5.74) is 1.53. The van der Waals surface area contributed by atoms with E-state index in [0.29, 0.717) is 11.8 Å². The first-order valence-electron chi connectivity index (χ1n) is 7.41. The molecule has 0 unspecified atom stereocenters. The Hall–Kier alpha value is -1.71. The van der Waals surface area contributed by atoms with E-state index in [1.165, 1.54) is 17.7 Å². The number of fused-ring (bicyclic) bond motifs is 1. The van der Waals surface area contributed by atoms with Crippen LogP contribution in [0.2, 0.25) is 0 Å². The zero-order valence-electron chi connectivity index (χ0n) is 12.1. The SMILES string of the molecule is CC1=CC[C@H]2CN(C(=O)Cc3cccc(F)c3F)C[C@H]2C1. The van der Waals surface area contributed by atoms with Gasteiger partial charge in [-0.2, -0.15) is 0 Å². The van der Waals surface area contributed by atoms with E-state index in [4.69, 9.17) is 0 Å². The molecule has 1 aliphatic heterocycles. The van der Waals surface area contributed by atoms with Crippen molar-refractivity contribution in [3.63, 3.8) is 0 Å². The highest BCUT2D eigenvalue weighted by molar-refractivity contribution is 5.79. The maximum absolute atomic E-state index is 13.6. The molecule has 2 aliphatic rings. The number of likely N-dealkylation sites (tertiary alicyclic amines) is 1. The molecule has 1 amide bonds. The molecule has 1 fully saturated rings. The third-order valence-corrected chi connectivity index (χ3v) is 4.66. The first-order chi connectivity index (χ1) is 10.0. The molecule has 3 rings (SSSR count). The molecule has 4 heteroatoms. The highest BCUT2D eigenvalue weighted by atomic mass is 19.2. The summed E-state index contributed by atoms with van der Waals surface area (Å²) in [6.07, 6.45) is 4.26. The highest BCUT2D eigenvalue weighted by Gasteiger charge is 2.36. The van der Waals surface area contributed by atoms with Gasteiger partial charge in [-0.05, 0) is 37.7 Å². The Balaban J connectivity index is 1.66. The summed E-state index contributed by atoms with van der Waals surface area (Å²) in [6, 6.07) is 3.99. The van der Waals surface area contributed by atoms with Crippen molar-refractivity contribution >= 4 is 5.91 Å². The summed E-state index contributed by atoms with van der Waals surface area (Å²) in [6.45, 7) is 3.61. The number of hydrogen-bond acceptors (Lipinski definition) is 1. The van der Waals surface area contributed by atoms with Gasteiger partial charge in [0.25, 0.3) is 0 Å². The Morgan fingerprint density at radius 2 is 2.05 bits per heavy atom. The second-order valence-corrected chi connectivity index (χ2v) is 6.20. The monoisotopic (exact) mass is 291 g/mol. The first kappa shape index (κ1) is 14.2. The minimum Gasteiger partial charge on any atom is -0.342 e. The summed E-state index contributed by atoms with van der Waals surface area (Å²) < 4.78 is 26.8. The van der Waals surface area contributed by atoms with Gasteiger partial charge in [0.05, 0.1) is 6.42 Å². The van der Waals surface area contributed by atoms with Crippen LogP contribution in [0.15, 0.2) is 29.8 Å². The fourth-order valence-corrected chi connectivity index (χ4v) is 3.45. The predicted molar refractivity (Wildman–Crippen MR) is 76.6 cm³/mol. The number of carbonyl (C=O) groups excluding carboxylic acids is 1. The van der Waals surface area contributed by atoms with Crippen LogP contribution < -0.4 is 0 Å². The fraction of sp³-hybridized carbons (Fsp3) is 0.471. The van der Waals surface area contributed by atoms with E-state index in [-0.39, 0.29) is 17.9 Å². The molecule has 2 atom stereocenters. The lowest BCUT2D eigenvalue weighted by atomic mass is 9.83. The van der Waals surface area contributed by atoms with Crippen LogP contribution >= 0.6 is 0 Å². The van der Waals surface area contributed by atoms with Crippen LogP contribution in [-0.2, 0) is 11.2 Å². The number of rotatable bonds is 2. The number of allylic oxidation sites excluding steroid dienone is 2. The van der Waals surface area contributed by atoms with E-state index in [1.54, 1.807) is 0 Å². The lowest BCUT2D eigenvalue weighted by Gasteiger charge is -2.21. The molecule has 0 saturated carbocycles. The van der Waals surface area contributed by atoms with Gasteiger partial charge in [-0.1, -0.05) is 23.8 Å². The molecular weight excluding hydrogens is 272 g/mol. The maximum atomic E-state index is 13.6. The van der Waals surface area contributed by atoms with E-state index in [2.05, 4.69) is 13.0 Å². The first-order valence-corrected chi connectivity index (χ1v) is 7.41. The zero-order valence-corrected chi connectivity index (χ0v) is 12.1. The van der Waals surface area contributed by atoms with Gasteiger partial charge in [0.15, 0.2) is 11.6 Å². The zero-order chi connectivity index (χ0) is 15.0. The average Bonchev–Trinajstić information content (AvgIpc) is 2.87. The van der Waals surface area contributed by atoms with Crippen molar-refractivity contribution < 1.29 is 13.6 Å². The summed E-state index contributed by atoms with van der Waals surface area (Å²) in [5.74, 6) is -0.854. The van der Waals surface area contributed by atoms with Gasteiger partial charge in [0.2, 0.25) is 5.91 Å². The molecule has 0 spiro atoms. The van der Waals surface area contributed by atoms with Crippen molar-refractivity contribution in [3.05, 3.63) is 47.0 Å². The van der Waals surface area contributed by atoms with Crippen molar-refractivity contribution in [3.8, 4) is 0 Å². The van der Waals surface area contributed by atoms with E-state index < -0.39 is 11.6 Å². The normalized spacial score (nSPS) is 24.7. The Kier molecular flexibility index (Phi) is 3.79. The smallest absolute Gasteiger partial charge is 0.227 e. The summed E-state index contributed by atoms with van der Waals surface area (Å²) in [7, 11) is 0. The summed E-state index contributed by atoms with van der Waals surface area (Å²) >= 11 is 0. The molecule has 0 N–H and O–H groups in total. The quantitative estimate of drug-likeness (QED) is 0.765. The molecule has 1 aromatic rings. The number of carbonyl (C=O) groups is 1. The number of hydrogen-bond donors (Lipinski definition) is 0. The lowest BCUT2D eigenvalue weighted by Crippen LogP contribution is -2.30. The molecule has 1 heterocycles. The van der Waals surface area contributed by atoms with E-state index in [9.17, 15) is 13.6 Å².